The number of aromatic nitrogens is 4. The summed E-state index contributed by atoms with van der Waals surface area (Å²) in [4.78, 5) is 29.0. The topological polar surface area (TPSA) is 138 Å². The normalized spacial score (nSPS) is 16.3. The number of hydrogen-bond acceptors (Lipinski definition) is 10. The van der Waals surface area contributed by atoms with E-state index in [1.54, 1.807) is 53.2 Å². The fraction of sp³-hybridized carbons (Fsp3) is 0.450. The number of carbonyl (C=O) groups excluding carboxylic acids is 2. The lowest BCUT2D eigenvalue weighted by molar-refractivity contribution is -0.117. The predicted octanol–water partition coefficient (Wildman–Crippen LogP) is 7.46. The molecule has 53 heavy (non-hydrogen) atoms. The van der Waals surface area contributed by atoms with Crippen molar-refractivity contribution in [3.05, 3.63) is 77.9 Å². The number of ether oxygens (including phenoxy) is 1. The van der Waals surface area contributed by atoms with E-state index < -0.39 is 5.25 Å². The van der Waals surface area contributed by atoms with Crippen molar-refractivity contribution in [3.8, 4) is 17.2 Å². The largest absolute Gasteiger partial charge is 0.508 e. The summed E-state index contributed by atoms with van der Waals surface area (Å²) in [5, 5.41) is 30.9. The number of hydrogen-bond donors (Lipinski definition) is 2. The number of nitrogens with zero attached hydrogens (tertiary/aromatic N) is 7. The van der Waals surface area contributed by atoms with Crippen LogP contribution in [0.2, 0.25) is 0 Å². The molecule has 3 heterocycles. The third-order valence-electron chi connectivity index (χ3n) is 10.5. The van der Waals surface area contributed by atoms with Gasteiger partial charge in [-0.25, -0.2) is 0 Å². The maximum Gasteiger partial charge on any atom is 0.268 e. The van der Waals surface area contributed by atoms with Crippen LogP contribution in [0.15, 0.2) is 77.0 Å². The molecule has 2 aliphatic heterocycles. The lowest BCUT2D eigenvalue weighted by Gasteiger charge is -2.30. The summed E-state index contributed by atoms with van der Waals surface area (Å²) in [6.07, 6.45) is 4.98. The van der Waals surface area contributed by atoms with E-state index >= 15 is 0 Å². The first-order valence-electron chi connectivity index (χ1n) is 18.5. The number of aromatic hydroxyl groups is 1. The summed E-state index contributed by atoms with van der Waals surface area (Å²) in [5.41, 5.74) is 4.45. The number of carbonyl (C=O) groups is 2. The molecule has 12 nitrogen and oxygen atoms in total. The number of amides is 2. The fourth-order valence-corrected chi connectivity index (χ4v) is 7.37. The first-order valence-corrected chi connectivity index (χ1v) is 19.4. The highest BCUT2D eigenvalue weighted by Crippen LogP contribution is 2.39. The van der Waals surface area contributed by atoms with Crippen LogP contribution in [0.4, 0.5) is 11.4 Å². The van der Waals surface area contributed by atoms with Crippen LogP contribution in [0.5, 0.6) is 11.5 Å². The lowest BCUT2D eigenvalue weighted by Crippen LogP contribution is -2.37. The number of anilines is 2. The van der Waals surface area contributed by atoms with Crippen molar-refractivity contribution in [3.63, 3.8) is 0 Å². The average molecular weight is 739 g/mol. The Morgan fingerprint density at radius 3 is 2.30 bits per heavy atom. The van der Waals surface area contributed by atoms with E-state index in [0.29, 0.717) is 47.5 Å². The molecule has 0 aliphatic carbocycles. The van der Waals surface area contributed by atoms with Crippen molar-refractivity contribution in [1.82, 2.24) is 25.1 Å². The van der Waals surface area contributed by atoms with E-state index in [4.69, 9.17) is 9.84 Å². The van der Waals surface area contributed by atoms with Gasteiger partial charge in [-0.1, -0.05) is 65.4 Å². The molecule has 1 atom stereocenters. The average Bonchev–Trinajstić information content (AvgIpc) is 3.93. The van der Waals surface area contributed by atoms with Crippen molar-refractivity contribution in [2.75, 3.05) is 30.0 Å². The number of thioether (sulfide) groups is 1. The van der Waals surface area contributed by atoms with Crippen LogP contribution in [-0.4, -0.2) is 72.8 Å². The van der Waals surface area contributed by atoms with Crippen molar-refractivity contribution in [2.45, 2.75) is 101 Å². The zero-order valence-corrected chi connectivity index (χ0v) is 32.3. The first-order chi connectivity index (χ1) is 25.4. The van der Waals surface area contributed by atoms with Gasteiger partial charge in [0.25, 0.3) is 5.91 Å². The maximum absolute atomic E-state index is 13.9. The molecule has 1 saturated heterocycles. The second kappa shape index (κ2) is 16.0. The summed E-state index contributed by atoms with van der Waals surface area (Å²) in [5.74, 6) is 1.37. The second-order valence-corrected chi connectivity index (χ2v) is 16.0. The minimum Gasteiger partial charge on any atom is -0.508 e. The minimum atomic E-state index is -0.651. The molecule has 0 saturated carbocycles. The number of rotatable bonds is 14. The highest BCUT2D eigenvalue weighted by molar-refractivity contribution is 8.01. The molecule has 2 N–H and O–H groups in total. The number of nitrogens with one attached hydrogen (secondary N) is 1. The van der Waals surface area contributed by atoms with Crippen molar-refractivity contribution in [1.29, 1.82) is 0 Å². The standard InChI is InChI=1S/C40H50N8O4S/c1-7-39(3,4)27-13-22-33(32(26-27)40(5,6)8-2)52-25-11-12-34(50)41-28-14-16-29(17-15-28)47-37(51)35(36(43-47)46-23-9-10-24-46)53-38-42-44-45-48(38)30-18-20-31(49)21-19-30/h13-22,26,35,49H,7-12,23-25H2,1-6H3,(H,41,50)/t35-/m1/s1. The number of tetrazole rings is 1. The molecular weight excluding hydrogens is 689 g/mol. The number of phenols is 1. The van der Waals surface area contributed by atoms with Gasteiger partial charge in [0.2, 0.25) is 11.1 Å². The molecule has 4 aromatic rings. The smallest absolute Gasteiger partial charge is 0.268 e. The molecule has 6 rings (SSSR count). The van der Waals surface area contributed by atoms with Crippen LogP contribution in [0.25, 0.3) is 5.69 Å². The molecule has 2 aliphatic rings. The Labute approximate surface area is 316 Å². The molecule has 0 unspecified atom stereocenters. The monoisotopic (exact) mass is 738 g/mol. The number of amidine groups is 1. The van der Waals surface area contributed by atoms with Crippen molar-refractivity contribution >= 4 is 40.8 Å². The third kappa shape index (κ3) is 8.51. The van der Waals surface area contributed by atoms with Gasteiger partial charge in [0.1, 0.15) is 17.3 Å². The Hall–Kier alpha value is -4.91. The van der Waals surface area contributed by atoms with Crippen LogP contribution >= 0.6 is 11.8 Å². The summed E-state index contributed by atoms with van der Waals surface area (Å²) in [6, 6.07) is 20.2. The molecule has 1 aromatic heterocycles. The van der Waals surface area contributed by atoms with E-state index in [9.17, 15) is 14.7 Å². The molecule has 280 valence electrons. The SMILES string of the molecule is CCC(C)(C)c1ccc(OCCCC(=O)Nc2ccc(N3N=C(N4CCCC4)[C@@H](Sc4nnnn4-c4ccc(O)cc4)C3=O)cc2)c(C(C)(C)CC)c1. The number of phenolic OH excluding ortho intramolecular Hbond substituents is 1. The molecule has 13 heteroatoms. The van der Waals surface area contributed by atoms with Crippen LogP contribution in [0.3, 0.4) is 0 Å². The number of likely N-dealkylation sites (tertiary alicyclic amines) is 1. The Morgan fingerprint density at radius 1 is 0.943 bits per heavy atom. The summed E-state index contributed by atoms with van der Waals surface area (Å²) in [7, 11) is 0. The zero-order chi connectivity index (χ0) is 37.8. The van der Waals surface area contributed by atoms with Gasteiger partial charge in [0.05, 0.1) is 18.0 Å². The first kappa shape index (κ1) is 37.8. The third-order valence-corrected chi connectivity index (χ3v) is 11.6. The summed E-state index contributed by atoms with van der Waals surface area (Å²) >= 11 is 1.24. The van der Waals surface area contributed by atoms with E-state index in [1.807, 2.05) is 0 Å². The van der Waals surface area contributed by atoms with Crippen LogP contribution in [-0.2, 0) is 20.4 Å². The number of hydrazone groups is 1. The Kier molecular flexibility index (Phi) is 11.4. The van der Waals surface area contributed by atoms with Crippen molar-refractivity contribution < 1.29 is 19.4 Å². The molecule has 0 radical (unpaired) electrons. The van der Waals surface area contributed by atoms with Gasteiger partial charge in [0, 0.05) is 30.8 Å². The molecule has 3 aromatic carbocycles. The molecule has 0 spiro atoms. The van der Waals surface area contributed by atoms with Gasteiger partial charge in [-0.2, -0.15) is 14.8 Å². The molecule has 2 amide bonds. The maximum atomic E-state index is 13.9. The van der Waals surface area contributed by atoms with Crippen molar-refractivity contribution in [2.24, 2.45) is 5.10 Å². The van der Waals surface area contributed by atoms with Gasteiger partial charge in [-0.05, 0) is 114 Å². The van der Waals surface area contributed by atoms with E-state index in [2.05, 4.69) is 85.5 Å². The van der Waals surface area contributed by atoms with Gasteiger partial charge >= 0.3 is 0 Å². The van der Waals surface area contributed by atoms with Gasteiger partial charge in [-0.15, -0.1) is 5.10 Å². The highest BCUT2D eigenvalue weighted by atomic mass is 32.2. The van der Waals surface area contributed by atoms with Gasteiger partial charge in [-0.3, -0.25) is 9.59 Å². The van der Waals surface area contributed by atoms with Gasteiger partial charge < -0.3 is 20.1 Å². The lowest BCUT2D eigenvalue weighted by atomic mass is 9.76. The fourth-order valence-electron chi connectivity index (χ4n) is 6.33. The quantitative estimate of drug-likeness (QED) is 0.126. The summed E-state index contributed by atoms with van der Waals surface area (Å²) in [6.45, 7) is 15.5. The Balaban J connectivity index is 1.07. The Bertz CT molecular complexity index is 1930. The van der Waals surface area contributed by atoms with E-state index in [1.165, 1.54) is 27.9 Å². The number of benzene rings is 3. The zero-order valence-electron chi connectivity index (χ0n) is 31.5. The second-order valence-electron chi connectivity index (χ2n) is 14.9. The van der Waals surface area contributed by atoms with E-state index in [0.717, 1.165) is 44.5 Å². The Morgan fingerprint density at radius 2 is 1.62 bits per heavy atom. The predicted molar refractivity (Wildman–Crippen MR) is 209 cm³/mol. The van der Waals surface area contributed by atoms with E-state index in [-0.39, 0.29) is 28.4 Å². The summed E-state index contributed by atoms with van der Waals surface area (Å²) < 4.78 is 7.82. The van der Waals surface area contributed by atoms with Crippen LogP contribution in [0, 0.1) is 0 Å². The minimum absolute atomic E-state index is 0.0355. The molecule has 1 fully saturated rings. The van der Waals surface area contributed by atoms with Crippen LogP contribution in [0.1, 0.15) is 91.2 Å². The van der Waals surface area contributed by atoms with Crippen LogP contribution < -0.4 is 15.1 Å². The highest BCUT2D eigenvalue weighted by Gasteiger charge is 2.42. The molecule has 0 bridgehead atoms. The molecular formula is C40H50N8O4S. The van der Waals surface area contributed by atoms with Gasteiger partial charge in [0.15, 0.2) is 5.25 Å².